The van der Waals surface area contributed by atoms with Gasteiger partial charge < -0.3 is 4.90 Å². The van der Waals surface area contributed by atoms with Crippen LogP contribution in [0.4, 0.5) is 5.82 Å². The van der Waals surface area contributed by atoms with Crippen molar-refractivity contribution in [3.05, 3.63) is 23.4 Å². The Kier molecular flexibility index (Phi) is 3.46. The maximum Gasteiger partial charge on any atom is 0.151 e. The van der Waals surface area contributed by atoms with Crippen molar-refractivity contribution < 1.29 is 4.79 Å². The number of anilines is 1. The number of carbonyl (C=O) groups excluding carboxylic acids is 1. The lowest BCUT2D eigenvalue weighted by Gasteiger charge is -2.36. The number of hydrogen-bond donors (Lipinski definition) is 0. The van der Waals surface area contributed by atoms with Crippen molar-refractivity contribution >= 4 is 12.1 Å². The molecule has 1 fully saturated rings. The summed E-state index contributed by atoms with van der Waals surface area (Å²) < 4.78 is 0. The van der Waals surface area contributed by atoms with Gasteiger partial charge in [0.25, 0.3) is 0 Å². The van der Waals surface area contributed by atoms with E-state index in [1.54, 1.807) is 6.20 Å². The second-order valence-electron chi connectivity index (χ2n) is 5.22. The summed E-state index contributed by atoms with van der Waals surface area (Å²) in [6, 6.07) is 1.91. The summed E-state index contributed by atoms with van der Waals surface area (Å²) >= 11 is 0. The molecular weight excluding hydrogens is 212 g/mol. The SMILES string of the molecule is Cc1cc(C=O)cnc1N1CCC(C)C(C)C1. The van der Waals surface area contributed by atoms with E-state index in [2.05, 4.69) is 23.7 Å². The predicted octanol–water partition coefficient (Wildman–Crippen LogP) is 2.68. The van der Waals surface area contributed by atoms with E-state index in [0.717, 1.165) is 36.7 Å². The van der Waals surface area contributed by atoms with E-state index in [4.69, 9.17) is 0 Å². The van der Waals surface area contributed by atoms with Gasteiger partial charge in [0.2, 0.25) is 0 Å². The van der Waals surface area contributed by atoms with Gasteiger partial charge in [-0.3, -0.25) is 4.79 Å². The lowest BCUT2D eigenvalue weighted by Crippen LogP contribution is -2.39. The third kappa shape index (κ3) is 2.48. The van der Waals surface area contributed by atoms with Gasteiger partial charge >= 0.3 is 0 Å². The van der Waals surface area contributed by atoms with Crippen LogP contribution in [0.1, 0.15) is 36.2 Å². The van der Waals surface area contributed by atoms with Crippen molar-refractivity contribution in [1.82, 2.24) is 4.98 Å². The van der Waals surface area contributed by atoms with Crippen LogP contribution < -0.4 is 4.90 Å². The Morgan fingerprint density at radius 2 is 2.18 bits per heavy atom. The van der Waals surface area contributed by atoms with E-state index < -0.39 is 0 Å². The monoisotopic (exact) mass is 232 g/mol. The zero-order valence-electron chi connectivity index (χ0n) is 10.8. The van der Waals surface area contributed by atoms with Gasteiger partial charge in [0.15, 0.2) is 6.29 Å². The van der Waals surface area contributed by atoms with Crippen LogP contribution in [0.3, 0.4) is 0 Å². The standard InChI is InChI=1S/C14H20N2O/c1-10-4-5-16(8-12(10)3)14-11(2)6-13(9-17)7-15-14/h6-7,9-10,12H,4-5,8H2,1-3H3. The van der Waals surface area contributed by atoms with Crippen molar-refractivity contribution in [2.24, 2.45) is 11.8 Å². The van der Waals surface area contributed by atoms with E-state index in [1.807, 2.05) is 13.0 Å². The van der Waals surface area contributed by atoms with Gasteiger partial charge in [-0.05, 0) is 36.8 Å². The number of aryl methyl sites for hydroxylation is 1. The summed E-state index contributed by atoms with van der Waals surface area (Å²) in [5.74, 6) is 2.53. The Balaban J connectivity index is 2.20. The Morgan fingerprint density at radius 1 is 1.41 bits per heavy atom. The van der Waals surface area contributed by atoms with Gasteiger partial charge in [0.05, 0.1) is 0 Å². The van der Waals surface area contributed by atoms with Crippen molar-refractivity contribution in [3.8, 4) is 0 Å². The molecule has 3 nitrogen and oxygen atoms in total. The van der Waals surface area contributed by atoms with Crippen molar-refractivity contribution in [3.63, 3.8) is 0 Å². The smallest absolute Gasteiger partial charge is 0.151 e. The molecular formula is C14H20N2O. The van der Waals surface area contributed by atoms with Gasteiger partial charge in [-0.2, -0.15) is 0 Å². The molecule has 1 aromatic rings. The largest absolute Gasteiger partial charge is 0.356 e. The first-order chi connectivity index (χ1) is 8.11. The van der Waals surface area contributed by atoms with E-state index in [9.17, 15) is 4.79 Å². The molecule has 0 amide bonds. The molecule has 0 aromatic carbocycles. The zero-order valence-corrected chi connectivity index (χ0v) is 10.8. The molecule has 1 aliphatic heterocycles. The first-order valence-electron chi connectivity index (χ1n) is 6.28. The number of pyridine rings is 1. The zero-order chi connectivity index (χ0) is 12.4. The van der Waals surface area contributed by atoms with Crippen LogP contribution in [0.2, 0.25) is 0 Å². The Bertz CT molecular complexity index is 417. The van der Waals surface area contributed by atoms with Crippen LogP contribution >= 0.6 is 0 Å². The van der Waals surface area contributed by atoms with Crippen LogP contribution in [0, 0.1) is 18.8 Å². The number of carbonyl (C=O) groups is 1. The van der Waals surface area contributed by atoms with Crippen molar-refractivity contribution in [1.29, 1.82) is 0 Å². The summed E-state index contributed by atoms with van der Waals surface area (Å²) in [7, 11) is 0. The van der Waals surface area contributed by atoms with Crippen LogP contribution in [0.15, 0.2) is 12.3 Å². The molecule has 1 saturated heterocycles. The molecule has 0 radical (unpaired) electrons. The Hall–Kier alpha value is -1.38. The average Bonchev–Trinajstić information content (AvgIpc) is 2.32. The molecule has 1 aliphatic rings. The molecule has 0 aliphatic carbocycles. The topological polar surface area (TPSA) is 33.2 Å². The van der Waals surface area contributed by atoms with Crippen molar-refractivity contribution in [2.75, 3.05) is 18.0 Å². The molecule has 0 bridgehead atoms. The minimum absolute atomic E-state index is 0.657. The number of nitrogens with zero attached hydrogens (tertiary/aromatic N) is 2. The van der Waals surface area contributed by atoms with Crippen LogP contribution in [-0.2, 0) is 0 Å². The van der Waals surface area contributed by atoms with Gasteiger partial charge in [0.1, 0.15) is 5.82 Å². The van der Waals surface area contributed by atoms with Crippen LogP contribution in [0.25, 0.3) is 0 Å². The number of hydrogen-bond acceptors (Lipinski definition) is 3. The molecule has 0 N–H and O–H groups in total. The molecule has 2 heterocycles. The molecule has 2 rings (SSSR count). The number of rotatable bonds is 2. The third-order valence-electron chi connectivity index (χ3n) is 3.84. The summed E-state index contributed by atoms with van der Waals surface area (Å²) in [5.41, 5.74) is 1.75. The molecule has 0 spiro atoms. The minimum Gasteiger partial charge on any atom is -0.356 e. The second kappa shape index (κ2) is 4.86. The van der Waals surface area contributed by atoms with E-state index >= 15 is 0 Å². The molecule has 92 valence electrons. The molecule has 17 heavy (non-hydrogen) atoms. The third-order valence-corrected chi connectivity index (χ3v) is 3.84. The van der Waals surface area contributed by atoms with E-state index in [1.165, 1.54) is 6.42 Å². The average molecular weight is 232 g/mol. The lowest BCUT2D eigenvalue weighted by atomic mass is 9.88. The van der Waals surface area contributed by atoms with Crippen LogP contribution in [0.5, 0.6) is 0 Å². The molecule has 2 unspecified atom stereocenters. The maximum absolute atomic E-state index is 10.7. The summed E-state index contributed by atoms with van der Waals surface area (Å²) in [6.07, 6.45) is 3.74. The van der Waals surface area contributed by atoms with Gasteiger partial charge in [-0.25, -0.2) is 4.98 Å². The fourth-order valence-electron chi connectivity index (χ4n) is 2.44. The predicted molar refractivity (Wildman–Crippen MR) is 69.5 cm³/mol. The molecule has 0 saturated carbocycles. The quantitative estimate of drug-likeness (QED) is 0.735. The summed E-state index contributed by atoms with van der Waals surface area (Å²) in [6.45, 7) is 8.77. The fourth-order valence-corrected chi connectivity index (χ4v) is 2.44. The first kappa shape index (κ1) is 12.1. The van der Waals surface area contributed by atoms with E-state index in [-0.39, 0.29) is 0 Å². The Labute approximate surface area is 103 Å². The highest BCUT2D eigenvalue weighted by Crippen LogP contribution is 2.27. The highest BCUT2D eigenvalue weighted by molar-refractivity contribution is 5.75. The van der Waals surface area contributed by atoms with Crippen LogP contribution in [-0.4, -0.2) is 24.4 Å². The van der Waals surface area contributed by atoms with Crippen molar-refractivity contribution in [2.45, 2.75) is 27.2 Å². The number of aromatic nitrogens is 1. The van der Waals surface area contributed by atoms with Gasteiger partial charge in [-0.15, -0.1) is 0 Å². The van der Waals surface area contributed by atoms with E-state index in [0.29, 0.717) is 11.5 Å². The molecule has 3 heteroatoms. The van der Waals surface area contributed by atoms with Gasteiger partial charge in [-0.1, -0.05) is 13.8 Å². The number of piperidine rings is 1. The minimum atomic E-state index is 0.657. The second-order valence-corrected chi connectivity index (χ2v) is 5.22. The summed E-state index contributed by atoms with van der Waals surface area (Å²) in [4.78, 5) is 17.5. The number of aldehydes is 1. The highest BCUT2D eigenvalue weighted by atomic mass is 16.1. The fraction of sp³-hybridized carbons (Fsp3) is 0.571. The summed E-state index contributed by atoms with van der Waals surface area (Å²) in [5, 5.41) is 0. The Morgan fingerprint density at radius 3 is 2.76 bits per heavy atom. The lowest BCUT2D eigenvalue weighted by molar-refractivity contribution is 0.112. The highest BCUT2D eigenvalue weighted by Gasteiger charge is 2.24. The molecule has 2 atom stereocenters. The molecule has 1 aromatic heterocycles. The maximum atomic E-state index is 10.7. The normalized spacial score (nSPS) is 24.8. The first-order valence-corrected chi connectivity index (χ1v) is 6.28. The van der Waals surface area contributed by atoms with Gasteiger partial charge in [0, 0.05) is 24.8 Å².